The lowest BCUT2D eigenvalue weighted by Gasteiger charge is -2.23. The second-order valence-electron chi connectivity index (χ2n) is 7.32. The lowest BCUT2D eigenvalue weighted by atomic mass is 9.94. The van der Waals surface area contributed by atoms with Gasteiger partial charge in [0.05, 0.1) is 6.54 Å². The topological polar surface area (TPSA) is 75.3 Å². The molecule has 0 spiro atoms. The highest BCUT2D eigenvalue weighted by Gasteiger charge is 2.22. The molecular weight excluding hydrogens is 314 g/mol. The van der Waals surface area contributed by atoms with E-state index in [1.807, 2.05) is 26.8 Å². The van der Waals surface area contributed by atoms with Gasteiger partial charge in [0.25, 0.3) is 0 Å². The van der Waals surface area contributed by atoms with Crippen molar-refractivity contribution in [2.45, 2.75) is 58.5 Å². The Hall–Kier alpha value is -2.37. The highest BCUT2D eigenvalue weighted by molar-refractivity contribution is 5.79. The van der Waals surface area contributed by atoms with Crippen LogP contribution in [0.25, 0.3) is 0 Å². The summed E-state index contributed by atoms with van der Waals surface area (Å²) in [5.74, 6) is 2.34. The minimum atomic E-state index is -0.148. The smallest absolute Gasteiger partial charge is 0.232 e. The van der Waals surface area contributed by atoms with Crippen molar-refractivity contribution in [1.82, 2.24) is 20.8 Å². The zero-order chi connectivity index (χ0) is 18.4. The van der Waals surface area contributed by atoms with Crippen LogP contribution in [0.15, 0.2) is 39.8 Å². The van der Waals surface area contributed by atoms with E-state index in [0.29, 0.717) is 24.2 Å². The zero-order valence-electron chi connectivity index (χ0n) is 16.0. The molecule has 136 valence electrons. The standard InChI is InChI=1S/C19H29N5O/c1-13(15-10-8-7-9-11-15)14(2)22-18(20-6)21-12-16-23-17(25-24-16)19(3,4)5/h7-11,13-14H,12H2,1-6H3,(H2,20,21,22). The van der Waals surface area contributed by atoms with Gasteiger partial charge in [-0.2, -0.15) is 4.98 Å². The number of guanidine groups is 1. The molecular formula is C19H29N5O. The Labute approximate surface area is 150 Å². The van der Waals surface area contributed by atoms with E-state index in [-0.39, 0.29) is 11.5 Å². The molecule has 0 aliphatic rings. The summed E-state index contributed by atoms with van der Waals surface area (Å²) in [5.41, 5.74) is 1.15. The first-order valence-corrected chi connectivity index (χ1v) is 8.66. The fourth-order valence-corrected chi connectivity index (χ4v) is 2.37. The minimum absolute atomic E-state index is 0.148. The van der Waals surface area contributed by atoms with E-state index in [0.717, 1.165) is 5.96 Å². The predicted octanol–water partition coefficient (Wildman–Crippen LogP) is 3.22. The fraction of sp³-hybridized carbons (Fsp3) is 0.526. The van der Waals surface area contributed by atoms with E-state index in [9.17, 15) is 0 Å². The van der Waals surface area contributed by atoms with Crippen molar-refractivity contribution in [2.24, 2.45) is 4.99 Å². The Bertz CT molecular complexity index is 687. The molecule has 25 heavy (non-hydrogen) atoms. The molecule has 1 aromatic heterocycles. The number of hydrogen-bond acceptors (Lipinski definition) is 4. The van der Waals surface area contributed by atoms with Gasteiger partial charge in [-0.1, -0.05) is 63.2 Å². The number of aromatic nitrogens is 2. The van der Waals surface area contributed by atoms with Crippen LogP contribution in [0.5, 0.6) is 0 Å². The van der Waals surface area contributed by atoms with Crippen LogP contribution >= 0.6 is 0 Å². The van der Waals surface area contributed by atoms with E-state index in [4.69, 9.17) is 4.52 Å². The van der Waals surface area contributed by atoms with Crippen LogP contribution in [0.3, 0.4) is 0 Å². The largest absolute Gasteiger partial charge is 0.353 e. The lowest BCUT2D eigenvalue weighted by Crippen LogP contribution is -2.44. The first kappa shape index (κ1) is 19.0. The molecule has 2 atom stereocenters. The second kappa shape index (κ2) is 8.14. The zero-order valence-corrected chi connectivity index (χ0v) is 16.0. The second-order valence-corrected chi connectivity index (χ2v) is 7.32. The molecule has 0 saturated heterocycles. The SMILES string of the molecule is CN=C(NCc1noc(C(C)(C)C)n1)NC(C)C(C)c1ccccc1. The highest BCUT2D eigenvalue weighted by atomic mass is 16.5. The van der Waals surface area contributed by atoms with Crippen molar-refractivity contribution in [1.29, 1.82) is 0 Å². The highest BCUT2D eigenvalue weighted by Crippen LogP contribution is 2.20. The Morgan fingerprint density at radius 2 is 1.88 bits per heavy atom. The monoisotopic (exact) mass is 343 g/mol. The molecule has 0 amide bonds. The van der Waals surface area contributed by atoms with Gasteiger partial charge in [0.15, 0.2) is 11.8 Å². The average Bonchev–Trinajstić information content (AvgIpc) is 3.08. The lowest BCUT2D eigenvalue weighted by molar-refractivity contribution is 0.318. The Morgan fingerprint density at radius 3 is 2.44 bits per heavy atom. The molecule has 0 aliphatic carbocycles. The van der Waals surface area contributed by atoms with Crippen LogP contribution in [0.4, 0.5) is 0 Å². The maximum atomic E-state index is 5.31. The van der Waals surface area contributed by atoms with E-state index < -0.39 is 0 Å². The molecule has 6 nitrogen and oxygen atoms in total. The first-order valence-electron chi connectivity index (χ1n) is 8.66. The van der Waals surface area contributed by atoms with Crippen LogP contribution in [0, 0.1) is 0 Å². The van der Waals surface area contributed by atoms with Crippen LogP contribution < -0.4 is 10.6 Å². The van der Waals surface area contributed by atoms with Crippen LogP contribution in [-0.4, -0.2) is 29.2 Å². The van der Waals surface area contributed by atoms with Crippen molar-refractivity contribution in [3.63, 3.8) is 0 Å². The summed E-state index contributed by atoms with van der Waals surface area (Å²) in [6, 6.07) is 10.7. The third kappa shape index (κ3) is 5.31. The van der Waals surface area contributed by atoms with Gasteiger partial charge in [0, 0.05) is 24.4 Å². The summed E-state index contributed by atoms with van der Waals surface area (Å²) >= 11 is 0. The molecule has 0 radical (unpaired) electrons. The summed E-state index contributed by atoms with van der Waals surface area (Å²) in [6.07, 6.45) is 0. The van der Waals surface area contributed by atoms with Crippen LogP contribution in [0.2, 0.25) is 0 Å². The number of hydrogen-bond donors (Lipinski definition) is 2. The third-order valence-corrected chi connectivity index (χ3v) is 4.19. The predicted molar refractivity (Wildman–Crippen MR) is 101 cm³/mol. The molecule has 0 saturated carbocycles. The van der Waals surface area contributed by atoms with Crippen molar-refractivity contribution in [2.75, 3.05) is 7.05 Å². The van der Waals surface area contributed by atoms with E-state index in [2.05, 4.69) is 63.9 Å². The molecule has 0 fully saturated rings. The van der Waals surface area contributed by atoms with Gasteiger partial charge in [0.1, 0.15) is 0 Å². The Kier molecular flexibility index (Phi) is 6.17. The van der Waals surface area contributed by atoms with Crippen LogP contribution in [0.1, 0.15) is 57.8 Å². The number of nitrogens with one attached hydrogen (secondary N) is 2. The number of rotatable bonds is 5. The minimum Gasteiger partial charge on any atom is -0.353 e. The fourth-order valence-electron chi connectivity index (χ4n) is 2.37. The number of benzene rings is 1. The van der Waals surface area contributed by atoms with Gasteiger partial charge in [-0.25, -0.2) is 0 Å². The first-order chi connectivity index (χ1) is 11.8. The summed E-state index contributed by atoms with van der Waals surface area (Å²) in [7, 11) is 1.76. The van der Waals surface area contributed by atoms with Gasteiger partial charge in [0.2, 0.25) is 5.89 Å². The molecule has 2 N–H and O–H groups in total. The molecule has 2 aromatic rings. The summed E-state index contributed by atoms with van der Waals surface area (Å²) in [6.45, 7) is 11.0. The summed E-state index contributed by atoms with van der Waals surface area (Å²) in [4.78, 5) is 8.71. The van der Waals surface area contributed by atoms with Crippen LogP contribution in [-0.2, 0) is 12.0 Å². The van der Waals surface area contributed by atoms with E-state index >= 15 is 0 Å². The van der Waals surface area contributed by atoms with E-state index in [1.54, 1.807) is 7.05 Å². The normalized spacial score (nSPS) is 14.9. The third-order valence-electron chi connectivity index (χ3n) is 4.19. The summed E-state index contributed by atoms with van der Waals surface area (Å²) < 4.78 is 5.31. The van der Waals surface area contributed by atoms with Crippen molar-refractivity contribution < 1.29 is 4.52 Å². The van der Waals surface area contributed by atoms with Crippen molar-refractivity contribution >= 4 is 5.96 Å². The van der Waals surface area contributed by atoms with Gasteiger partial charge in [-0.3, -0.25) is 4.99 Å². The molecule has 2 unspecified atom stereocenters. The Morgan fingerprint density at radius 1 is 1.20 bits per heavy atom. The molecule has 0 aliphatic heterocycles. The maximum absolute atomic E-state index is 5.31. The average molecular weight is 343 g/mol. The van der Waals surface area contributed by atoms with Gasteiger partial charge in [-0.05, 0) is 12.5 Å². The molecule has 6 heteroatoms. The Balaban J connectivity index is 1.91. The summed E-state index contributed by atoms with van der Waals surface area (Å²) in [5, 5.41) is 10.7. The maximum Gasteiger partial charge on any atom is 0.232 e. The number of aliphatic imine (C=N–C) groups is 1. The molecule has 0 bridgehead atoms. The number of nitrogens with zero attached hydrogens (tertiary/aromatic N) is 3. The van der Waals surface area contributed by atoms with Crippen molar-refractivity contribution in [3.8, 4) is 0 Å². The molecule has 2 rings (SSSR count). The quantitative estimate of drug-likeness (QED) is 0.644. The molecule has 1 aromatic carbocycles. The molecule has 1 heterocycles. The van der Waals surface area contributed by atoms with Gasteiger partial charge >= 0.3 is 0 Å². The van der Waals surface area contributed by atoms with Crippen molar-refractivity contribution in [3.05, 3.63) is 47.6 Å². The van der Waals surface area contributed by atoms with Gasteiger partial charge in [-0.15, -0.1) is 0 Å². The van der Waals surface area contributed by atoms with Gasteiger partial charge < -0.3 is 15.2 Å². The van der Waals surface area contributed by atoms with E-state index in [1.165, 1.54) is 5.56 Å².